The van der Waals surface area contributed by atoms with E-state index in [9.17, 15) is 10.1 Å². The molecule has 0 bridgehead atoms. The number of para-hydroxylation sites is 1. The van der Waals surface area contributed by atoms with E-state index < -0.39 is 0 Å². The van der Waals surface area contributed by atoms with Crippen molar-refractivity contribution in [3.05, 3.63) is 45.5 Å². The Hall–Kier alpha value is -1.60. The molecule has 0 aliphatic heterocycles. The first-order valence-corrected chi connectivity index (χ1v) is 7.61. The van der Waals surface area contributed by atoms with E-state index in [4.69, 9.17) is 0 Å². The number of hydrogen-bond acceptors (Lipinski definition) is 6. The predicted molar refractivity (Wildman–Crippen MR) is 78.9 cm³/mol. The molecule has 0 atom stereocenters. The van der Waals surface area contributed by atoms with Crippen LogP contribution in [0.5, 0.6) is 0 Å². The number of thioether (sulfide) groups is 1. The average molecular weight is 295 g/mol. The van der Waals surface area contributed by atoms with E-state index in [1.807, 2.05) is 18.4 Å². The minimum absolute atomic E-state index is 0.124. The molecule has 0 saturated heterocycles. The third kappa shape index (κ3) is 3.45. The molecule has 2 aromatic rings. The van der Waals surface area contributed by atoms with Gasteiger partial charge in [0.05, 0.1) is 4.92 Å². The van der Waals surface area contributed by atoms with E-state index in [1.165, 1.54) is 6.07 Å². The molecule has 5 nitrogen and oxygen atoms in total. The fourth-order valence-electron chi connectivity index (χ4n) is 1.66. The third-order valence-corrected chi connectivity index (χ3v) is 4.45. The lowest BCUT2D eigenvalue weighted by molar-refractivity contribution is -0.384. The van der Waals surface area contributed by atoms with Gasteiger partial charge in [-0.2, -0.15) is 0 Å². The summed E-state index contributed by atoms with van der Waals surface area (Å²) in [6.45, 7) is 2.58. The van der Waals surface area contributed by atoms with Gasteiger partial charge in [-0.1, -0.05) is 23.9 Å². The standard InChI is InChI=1S/C12H13N3O2S2/c1-2-13-11-9(4-3-5-10(11)15(16)17)8-19-12-14-6-7-18-12/h3-7,13H,2,8H2,1H3. The first kappa shape index (κ1) is 13.8. The maximum absolute atomic E-state index is 11.0. The summed E-state index contributed by atoms with van der Waals surface area (Å²) in [5.74, 6) is 0.664. The Morgan fingerprint density at radius 3 is 3.00 bits per heavy atom. The van der Waals surface area contributed by atoms with E-state index in [1.54, 1.807) is 35.4 Å². The lowest BCUT2D eigenvalue weighted by atomic mass is 10.1. The highest BCUT2D eigenvalue weighted by atomic mass is 32.2. The quantitative estimate of drug-likeness (QED) is 0.499. The summed E-state index contributed by atoms with van der Waals surface area (Å²) >= 11 is 3.15. The maximum Gasteiger partial charge on any atom is 0.292 e. The Morgan fingerprint density at radius 1 is 1.53 bits per heavy atom. The molecule has 0 aliphatic carbocycles. The van der Waals surface area contributed by atoms with E-state index in [0.29, 0.717) is 18.0 Å². The molecule has 0 aliphatic rings. The van der Waals surface area contributed by atoms with Crippen LogP contribution in [0.25, 0.3) is 0 Å². The van der Waals surface area contributed by atoms with E-state index in [0.717, 1.165) is 9.90 Å². The van der Waals surface area contributed by atoms with Crippen LogP contribution in [0.4, 0.5) is 11.4 Å². The van der Waals surface area contributed by atoms with Gasteiger partial charge >= 0.3 is 0 Å². The highest BCUT2D eigenvalue weighted by Gasteiger charge is 2.16. The van der Waals surface area contributed by atoms with Crippen LogP contribution in [0.3, 0.4) is 0 Å². The summed E-state index contributed by atoms with van der Waals surface area (Å²) in [5, 5.41) is 16.0. The number of anilines is 1. The molecule has 100 valence electrons. The molecule has 0 amide bonds. The molecular weight excluding hydrogens is 282 g/mol. The first-order chi connectivity index (χ1) is 9.22. The van der Waals surface area contributed by atoms with E-state index in [2.05, 4.69) is 10.3 Å². The Balaban J connectivity index is 2.23. The number of nitrogens with zero attached hydrogens (tertiary/aromatic N) is 2. The second kappa shape index (κ2) is 6.53. The molecule has 1 N–H and O–H groups in total. The summed E-state index contributed by atoms with van der Waals surface area (Å²) in [6.07, 6.45) is 1.76. The molecule has 0 fully saturated rings. The summed E-state index contributed by atoms with van der Waals surface area (Å²) in [7, 11) is 0. The number of nitro groups is 1. The van der Waals surface area contributed by atoms with Gasteiger partial charge in [0, 0.05) is 29.9 Å². The lowest BCUT2D eigenvalue weighted by Gasteiger charge is -2.10. The lowest BCUT2D eigenvalue weighted by Crippen LogP contribution is -2.04. The van der Waals surface area contributed by atoms with Crippen molar-refractivity contribution in [1.82, 2.24) is 4.98 Å². The Bertz CT molecular complexity index is 558. The molecule has 2 rings (SSSR count). The van der Waals surface area contributed by atoms with E-state index in [-0.39, 0.29) is 10.6 Å². The van der Waals surface area contributed by atoms with Crippen molar-refractivity contribution in [2.45, 2.75) is 17.0 Å². The van der Waals surface area contributed by atoms with Gasteiger partial charge in [0.25, 0.3) is 5.69 Å². The molecule has 7 heteroatoms. The fraction of sp³-hybridized carbons (Fsp3) is 0.250. The van der Waals surface area contributed by atoms with Crippen molar-refractivity contribution in [1.29, 1.82) is 0 Å². The van der Waals surface area contributed by atoms with Gasteiger partial charge in [-0.05, 0) is 12.5 Å². The van der Waals surface area contributed by atoms with Crippen molar-refractivity contribution >= 4 is 34.5 Å². The van der Waals surface area contributed by atoms with Gasteiger partial charge in [0.1, 0.15) is 10.0 Å². The second-order valence-electron chi connectivity index (χ2n) is 3.69. The highest BCUT2D eigenvalue weighted by molar-refractivity contribution is 8.00. The van der Waals surface area contributed by atoms with E-state index >= 15 is 0 Å². The smallest absolute Gasteiger partial charge is 0.292 e. The minimum Gasteiger partial charge on any atom is -0.380 e. The zero-order valence-electron chi connectivity index (χ0n) is 10.3. The van der Waals surface area contributed by atoms with Crippen molar-refractivity contribution in [3.8, 4) is 0 Å². The van der Waals surface area contributed by atoms with Crippen molar-refractivity contribution < 1.29 is 4.92 Å². The van der Waals surface area contributed by atoms with Gasteiger partial charge in [0.15, 0.2) is 0 Å². The largest absolute Gasteiger partial charge is 0.380 e. The topological polar surface area (TPSA) is 68.1 Å². The molecule has 1 aromatic carbocycles. The van der Waals surface area contributed by atoms with Gasteiger partial charge < -0.3 is 5.32 Å². The molecule has 0 spiro atoms. The number of hydrogen-bond donors (Lipinski definition) is 1. The normalized spacial score (nSPS) is 10.4. The summed E-state index contributed by atoms with van der Waals surface area (Å²) in [4.78, 5) is 14.9. The van der Waals surface area contributed by atoms with Crippen LogP contribution < -0.4 is 5.32 Å². The third-order valence-electron chi connectivity index (χ3n) is 2.44. The zero-order chi connectivity index (χ0) is 13.7. The van der Waals surface area contributed by atoms with Crippen LogP contribution in [0.2, 0.25) is 0 Å². The van der Waals surface area contributed by atoms with Gasteiger partial charge in [-0.15, -0.1) is 11.3 Å². The predicted octanol–water partition coefficient (Wildman–Crippen LogP) is 3.78. The van der Waals surface area contributed by atoms with Crippen molar-refractivity contribution in [3.63, 3.8) is 0 Å². The summed E-state index contributed by atoms with van der Waals surface area (Å²) in [5.41, 5.74) is 1.66. The molecule has 0 unspecified atom stereocenters. The fourth-order valence-corrected chi connectivity index (χ4v) is 3.29. The van der Waals surface area contributed by atoms with Crippen LogP contribution in [0.15, 0.2) is 34.1 Å². The number of nitrogens with one attached hydrogen (secondary N) is 1. The van der Waals surface area contributed by atoms with Crippen LogP contribution >= 0.6 is 23.1 Å². The molecular formula is C12H13N3O2S2. The second-order valence-corrected chi connectivity index (χ2v) is 5.80. The van der Waals surface area contributed by atoms with Gasteiger partial charge in [0.2, 0.25) is 0 Å². The van der Waals surface area contributed by atoms with Gasteiger partial charge in [-0.3, -0.25) is 10.1 Å². The minimum atomic E-state index is -0.352. The average Bonchev–Trinajstić information content (AvgIpc) is 2.90. The Morgan fingerprint density at radius 2 is 2.37 bits per heavy atom. The number of nitro benzene ring substituents is 1. The molecule has 0 saturated carbocycles. The summed E-state index contributed by atoms with van der Waals surface area (Å²) in [6, 6.07) is 5.15. The number of thiazole rings is 1. The SMILES string of the molecule is CCNc1c(CSc2nccs2)cccc1[N+](=O)[O-]. The molecule has 0 radical (unpaired) electrons. The molecule has 19 heavy (non-hydrogen) atoms. The highest BCUT2D eigenvalue weighted by Crippen LogP contribution is 2.33. The summed E-state index contributed by atoms with van der Waals surface area (Å²) < 4.78 is 0.967. The van der Waals surface area contributed by atoms with Crippen LogP contribution in [-0.4, -0.2) is 16.5 Å². The number of benzene rings is 1. The van der Waals surface area contributed by atoms with Crippen LogP contribution in [-0.2, 0) is 5.75 Å². The van der Waals surface area contributed by atoms with Crippen molar-refractivity contribution in [2.24, 2.45) is 0 Å². The van der Waals surface area contributed by atoms with Gasteiger partial charge in [-0.25, -0.2) is 4.98 Å². The van der Waals surface area contributed by atoms with Crippen LogP contribution in [0.1, 0.15) is 12.5 Å². The molecule has 1 aromatic heterocycles. The monoisotopic (exact) mass is 295 g/mol. The zero-order valence-corrected chi connectivity index (χ0v) is 12.0. The van der Waals surface area contributed by atoms with Crippen molar-refractivity contribution in [2.75, 3.05) is 11.9 Å². The Kier molecular flexibility index (Phi) is 4.75. The number of rotatable bonds is 6. The van der Waals surface area contributed by atoms with Crippen LogP contribution in [0, 0.1) is 10.1 Å². The Labute approximate surface area is 119 Å². The number of aromatic nitrogens is 1. The maximum atomic E-state index is 11.0. The molecule has 1 heterocycles. The first-order valence-electron chi connectivity index (χ1n) is 5.74.